The molecule has 3 aromatic heterocycles. The Morgan fingerprint density at radius 2 is 2.00 bits per heavy atom. The zero-order valence-corrected chi connectivity index (χ0v) is 16.1. The average molecular weight is 398 g/mol. The predicted molar refractivity (Wildman–Crippen MR) is 106 cm³/mol. The van der Waals surface area contributed by atoms with Crippen LogP contribution in [0.4, 0.5) is 10.3 Å². The second-order valence-electron chi connectivity index (χ2n) is 7.11. The first-order valence-electron chi connectivity index (χ1n) is 9.66. The van der Waals surface area contributed by atoms with Crippen molar-refractivity contribution in [2.75, 3.05) is 19.0 Å². The molecule has 0 unspecified atom stereocenters. The van der Waals surface area contributed by atoms with E-state index < -0.39 is 5.82 Å². The zero-order chi connectivity index (χ0) is 20.2. The summed E-state index contributed by atoms with van der Waals surface area (Å²) >= 11 is 0. The van der Waals surface area contributed by atoms with Crippen molar-refractivity contribution in [1.29, 1.82) is 0 Å². The van der Waals surface area contributed by atoms with Gasteiger partial charge in [-0.15, -0.1) is 0 Å². The number of hydrogen-bond acceptors (Lipinski definition) is 7. The van der Waals surface area contributed by atoms with Crippen LogP contribution >= 0.6 is 0 Å². The van der Waals surface area contributed by atoms with Crippen LogP contribution in [0.2, 0.25) is 0 Å². The molecule has 2 N–H and O–H groups in total. The van der Waals surface area contributed by atoms with Gasteiger partial charge in [0.25, 0.3) is 0 Å². The molecule has 0 bridgehead atoms. The molecule has 152 valence electrons. The molecule has 0 radical (unpaired) electrons. The van der Waals surface area contributed by atoms with Crippen molar-refractivity contribution in [1.82, 2.24) is 24.7 Å². The van der Waals surface area contributed by atoms with Gasteiger partial charge in [-0.1, -0.05) is 6.07 Å². The SMILES string of the molecule is COC(=O)CNC1CCC(Nc2ncc(F)c(-c3cnc4ccccn34)n2)CC1. The molecule has 1 fully saturated rings. The summed E-state index contributed by atoms with van der Waals surface area (Å²) in [6, 6.07) is 6.09. The molecule has 0 spiro atoms. The number of rotatable bonds is 6. The van der Waals surface area contributed by atoms with E-state index >= 15 is 0 Å². The lowest BCUT2D eigenvalue weighted by atomic mass is 9.91. The van der Waals surface area contributed by atoms with Gasteiger partial charge in [-0.05, 0) is 37.8 Å². The number of imidazole rings is 1. The van der Waals surface area contributed by atoms with E-state index in [4.69, 9.17) is 0 Å². The number of halogens is 1. The van der Waals surface area contributed by atoms with Gasteiger partial charge in [-0.2, -0.15) is 0 Å². The van der Waals surface area contributed by atoms with Gasteiger partial charge < -0.3 is 15.4 Å². The number of ether oxygens (including phenoxy) is 1. The minimum absolute atomic E-state index is 0.201. The molecule has 1 aliphatic rings. The highest BCUT2D eigenvalue weighted by atomic mass is 19.1. The Labute approximate surface area is 167 Å². The molecule has 8 nitrogen and oxygen atoms in total. The lowest BCUT2D eigenvalue weighted by Crippen LogP contribution is -2.39. The number of hydrogen-bond donors (Lipinski definition) is 2. The Bertz CT molecular complexity index is 1000. The van der Waals surface area contributed by atoms with E-state index in [1.165, 1.54) is 13.3 Å². The van der Waals surface area contributed by atoms with Gasteiger partial charge in [-0.25, -0.2) is 19.3 Å². The van der Waals surface area contributed by atoms with Crippen LogP contribution in [0.15, 0.2) is 36.8 Å². The highest BCUT2D eigenvalue weighted by Crippen LogP contribution is 2.25. The van der Waals surface area contributed by atoms with E-state index in [-0.39, 0.29) is 30.3 Å². The molecular weight excluding hydrogens is 375 g/mol. The third-order valence-electron chi connectivity index (χ3n) is 5.23. The van der Waals surface area contributed by atoms with Crippen LogP contribution in [0.1, 0.15) is 25.7 Å². The fourth-order valence-electron chi connectivity index (χ4n) is 3.65. The summed E-state index contributed by atoms with van der Waals surface area (Å²) in [6.07, 6.45) is 8.30. The third-order valence-corrected chi connectivity index (χ3v) is 5.23. The lowest BCUT2D eigenvalue weighted by molar-refractivity contribution is -0.139. The number of esters is 1. The highest BCUT2D eigenvalue weighted by molar-refractivity contribution is 5.71. The van der Waals surface area contributed by atoms with Gasteiger partial charge in [0.2, 0.25) is 5.95 Å². The van der Waals surface area contributed by atoms with Gasteiger partial charge in [0, 0.05) is 18.3 Å². The Kier molecular flexibility index (Phi) is 5.66. The molecule has 1 saturated carbocycles. The molecule has 1 aliphatic carbocycles. The van der Waals surface area contributed by atoms with Crippen LogP contribution in [-0.2, 0) is 9.53 Å². The minimum atomic E-state index is -0.489. The maximum absolute atomic E-state index is 14.4. The third kappa shape index (κ3) is 4.34. The van der Waals surface area contributed by atoms with E-state index in [9.17, 15) is 9.18 Å². The van der Waals surface area contributed by atoms with Gasteiger partial charge in [0.15, 0.2) is 5.82 Å². The lowest BCUT2D eigenvalue weighted by Gasteiger charge is -2.29. The summed E-state index contributed by atoms with van der Waals surface area (Å²) in [5.41, 5.74) is 1.53. The monoisotopic (exact) mass is 398 g/mol. The van der Waals surface area contributed by atoms with E-state index in [1.54, 1.807) is 10.6 Å². The van der Waals surface area contributed by atoms with Crippen molar-refractivity contribution in [3.63, 3.8) is 0 Å². The van der Waals surface area contributed by atoms with Gasteiger partial charge in [0.1, 0.15) is 11.3 Å². The number of anilines is 1. The number of aromatic nitrogens is 4. The number of fused-ring (bicyclic) bond motifs is 1. The maximum Gasteiger partial charge on any atom is 0.319 e. The van der Waals surface area contributed by atoms with Crippen molar-refractivity contribution in [2.24, 2.45) is 0 Å². The van der Waals surface area contributed by atoms with E-state index in [1.807, 2.05) is 24.4 Å². The van der Waals surface area contributed by atoms with Crippen molar-refractivity contribution in [3.8, 4) is 11.4 Å². The number of methoxy groups -OCH3 is 1. The van der Waals surface area contributed by atoms with Crippen molar-refractivity contribution < 1.29 is 13.9 Å². The van der Waals surface area contributed by atoms with Crippen molar-refractivity contribution >= 4 is 17.6 Å². The second kappa shape index (κ2) is 8.52. The average Bonchev–Trinajstić information content (AvgIpc) is 3.18. The Morgan fingerprint density at radius 1 is 1.21 bits per heavy atom. The molecule has 4 rings (SSSR count). The maximum atomic E-state index is 14.4. The fraction of sp³-hybridized carbons (Fsp3) is 0.400. The van der Waals surface area contributed by atoms with Crippen LogP contribution in [0.25, 0.3) is 17.0 Å². The Morgan fingerprint density at radius 3 is 2.79 bits per heavy atom. The number of nitrogens with one attached hydrogen (secondary N) is 2. The van der Waals surface area contributed by atoms with Crippen LogP contribution in [-0.4, -0.2) is 51.1 Å². The molecule has 0 aliphatic heterocycles. The largest absolute Gasteiger partial charge is 0.468 e. The van der Waals surface area contributed by atoms with Crippen molar-refractivity contribution in [2.45, 2.75) is 37.8 Å². The predicted octanol–water partition coefficient (Wildman–Crippen LogP) is 2.42. The molecule has 9 heteroatoms. The molecule has 0 aromatic carbocycles. The van der Waals surface area contributed by atoms with Crippen LogP contribution in [0.5, 0.6) is 0 Å². The smallest absolute Gasteiger partial charge is 0.319 e. The normalized spacial score (nSPS) is 19.2. The molecule has 3 heterocycles. The fourth-order valence-corrected chi connectivity index (χ4v) is 3.65. The number of carbonyl (C=O) groups excluding carboxylic acids is 1. The van der Waals surface area contributed by atoms with Crippen LogP contribution in [0, 0.1) is 5.82 Å². The summed E-state index contributed by atoms with van der Waals surface area (Å²) in [7, 11) is 1.38. The minimum Gasteiger partial charge on any atom is -0.468 e. The molecular formula is C20H23FN6O2. The van der Waals surface area contributed by atoms with Crippen LogP contribution in [0.3, 0.4) is 0 Å². The summed E-state index contributed by atoms with van der Waals surface area (Å²) < 4.78 is 20.9. The number of carbonyl (C=O) groups is 1. The topological polar surface area (TPSA) is 93.4 Å². The van der Waals surface area contributed by atoms with Crippen molar-refractivity contribution in [3.05, 3.63) is 42.6 Å². The van der Waals surface area contributed by atoms with E-state index in [0.717, 1.165) is 31.3 Å². The summed E-state index contributed by atoms with van der Waals surface area (Å²) in [4.78, 5) is 24.1. The summed E-state index contributed by atoms with van der Waals surface area (Å²) in [6.45, 7) is 0.225. The standard InChI is InChI=1S/C20H23FN6O2/c1-29-18(28)12-22-13-5-7-14(8-6-13)25-20-24-10-15(21)19(26-20)16-11-23-17-4-2-3-9-27(16)17/h2-4,9-11,13-14,22H,5-8,12H2,1H3,(H,24,25,26). The second-order valence-corrected chi connectivity index (χ2v) is 7.11. The van der Waals surface area contributed by atoms with E-state index in [0.29, 0.717) is 11.6 Å². The molecule has 0 saturated heterocycles. The number of nitrogens with zero attached hydrogens (tertiary/aromatic N) is 4. The molecule has 3 aromatic rings. The van der Waals surface area contributed by atoms with Crippen LogP contribution < -0.4 is 10.6 Å². The highest BCUT2D eigenvalue weighted by Gasteiger charge is 2.23. The van der Waals surface area contributed by atoms with Gasteiger partial charge in [0.05, 0.1) is 31.7 Å². The van der Waals surface area contributed by atoms with Gasteiger partial charge >= 0.3 is 5.97 Å². The zero-order valence-electron chi connectivity index (χ0n) is 16.1. The van der Waals surface area contributed by atoms with Gasteiger partial charge in [-0.3, -0.25) is 9.20 Å². The first-order chi connectivity index (χ1) is 14.1. The Balaban J connectivity index is 1.42. The summed E-state index contributed by atoms with van der Waals surface area (Å²) in [5.74, 6) is -0.347. The number of pyridine rings is 1. The van der Waals surface area contributed by atoms with E-state index in [2.05, 4.69) is 30.3 Å². The molecule has 0 amide bonds. The quantitative estimate of drug-likeness (QED) is 0.616. The first kappa shape index (κ1) is 19.3. The Hall–Kier alpha value is -3.07. The molecule has 29 heavy (non-hydrogen) atoms. The molecule has 0 atom stereocenters. The summed E-state index contributed by atoms with van der Waals surface area (Å²) in [5, 5.41) is 6.53. The first-order valence-corrected chi connectivity index (χ1v) is 9.66.